The van der Waals surface area contributed by atoms with Crippen LogP contribution in [0.25, 0.3) is 0 Å². The molecule has 1 N–H and O–H groups in total. The topological polar surface area (TPSA) is 72.8 Å². The molecule has 0 saturated carbocycles. The summed E-state index contributed by atoms with van der Waals surface area (Å²) in [4.78, 5) is 24.0. The lowest BCUT2D eigenvalue weighted by Gasteiger charge is -2.15. The van der Waals surface area contributed by atoms with Gasteiger partial charge in [-0.2, -0.15) is 0 Å². The van der Waals surface area contributed by atoms with Crippen LogP contribution in [0.15, 0.2) is 24.3 Å². The first-order chi connectivity index (χ1) is 23.6. The zero-order valence-corrected chi connectivity index (χ0v) is 32.0. The van der Waals surface area contributed by atoms with Crippen LogP contribution < -0.4 is 0 Å². The third-order valence-corrected chi connectivity index (χ3v) is 9.25. The Morgan fingerprint density at radius 2 is 0.833 bits per heavy atom. The molecule has 0 aromatic carbocycles. The standard InChI is InChI=1S/C43H80O5/c1-3-5-7-9-10-11-12-13-14-15-16-17-18-19-20-21-22-23-24-25-26-27-28-29-30-31-32-34-36-38-43(46)48-41(39-44)40-47-42(45)37-35-33-8-6-4-2/h12-13,15-16,41,44H,3-11,14,17-40H2,1-2H3/b13-12-,16-15-. The van der Waals surface area contributed by atoms with Crippen molar-refractivity contribution >= 4 is 11.9 Å². The molecule has 5 heteroatoms. The molecule has 1 atom stereocenters. The average Bonchev–Trinajstić information content (AvgIpc) is 3.09. The normalized spacial score (nSPS) is 12.3. The van der Waals surface area contributed by atoms with Crippen molar-refractivity contribution in [2.45, 2.75) is 225 Å². The van der Waals surface area contributed by atoms with E-state index in [1.165, 1.54) is 148 Å². The minimum atomic E-state index is -0.762. The van der Waals surface area contributed by atoms with Gasteiger partial charge >= 0.3 is 11.9 Å². The fraction of sp³-hybridized carbons (Fsp3) is 0.860. The molecular formula is C43H80O5. The average molecular weight is 677 g/mol. The first-order valence-corrected chi connectivity index (χ1v) is 20.9. The third-order valence-electron chi connectivity index (χ3n) is 9.25. The molecule has 1 unspecified atom stereocenters. The summed E-state index contributed by atoms with van der Waals surface area (Å²) in [5.41, 5.74) is 0. The fourth-order valence-corrected chi connectivity index (χ4v) is 6.06. The maximum absolute atomic E-state index is 12.1. The van der Waals surface area contributed by atoms with Gasteiger partial charge in [0.05, 0.1) is 6.61 Å². The van der Waals surface area contributed by atoms with Crippen LogP contribution in [0.2, 0.25) is 0 Å². The SMILES string of the molecule is CCCCCCC/C=C\C/C=C\CCCCCCCCCCCCCCCCCCCC(=O)OC(CO)COC(=O)CCCCCCC. The van der Waals surface area contributed by atoms with Crippen molar-refractivity contribution in [2.24, 2.45) is 0 Å². The van der Waals surface area contributed by atoms with Gasteiger partial charge in [0.2, 0.25) is 0 Å². The van der Waals surface area contributed by atoms with E-state index in [2.05, 4.69) is 38.2 Å². The molecule has 0 aromatic heterocycles. The van der Waals surface area contributed by atoms with Crippen molar-refractivity contribution in [1.29, 1.82) is 0 Å². The van der Waals surface area contributed by atoms with Gasteiger partial charge in [-0.1, -0.05) is 186 Å². The Morgan fingerprint density at radius 1 is 0.479 bits per heavy atom. The number of carbonyl (C=O) groups excluding carboxylic acids is 2. The van der Waals surface area contributed by atoms with Crippen molar-refractivity contribution in [3.63, 3.8) is 0 Å². The second-order valence-electron chi connectivity index (χ2n) is 14.1. The van der Waals surface area contributed by atoms with Gasteiger partial charge in [0.1, 0.15) is 6.61 Å². The summed E-state index contributed by atoms with van der Waals surface area (Å²) >= 11 is 0. The summed E-state index contributed by atoms with van der Waals surface area (Å²) in [6, 6.07) is 0. The Morgan fingerprint density at radius 3 is 1.23 bits per heavy atom. The van der Waals surface area contributed by atoms with Crippen LogP contribution in [0.4, 0.5) is 0 Å². The van der Waals surface area contributed by atoms with E-state index in [-0.39, 0.29) is 25.2 Å². The monoisotopic (exact) mass is 677 g/mol. The van der Waals surface area contributed by atoms with E-state index in [0.717, 1.165) is 44.9 Å². The highest BCUT2D eigenvalue weighted by molar-refractivity contribution is 5.70. The molecule has 282 valence electrons. The molecule has 0 rings (SSSR count). The number of unbranched alkanes of at least 4 members (excludes halogenated alkanes) is 26. The molecular weight excluding hydrogens is 596 g/mol. The number of hydrogen-bond acceptors (Lipinski definition) is 5. The molecule has 0 spiro atoms. The lowest BCUT2D eigenvalue weighted by Crippen LogP contribution is -2.28. The number of ether oxygens (including phenoxy) is 2. The maximum Gasteiger partial charge on any atom is 0.306 e. The Labute approximate surface area is 298 Å². The van der Waals surface area contributed by atoms with Crippen LogP contribution in [-0.2, 0) is 19.1 Å². The number of rotatable bonds is 38. The molecule has 0 aliphatic carbocycles. The van der Waals surface area contributed by atoms with Crippen molar-refractivity contribution in [3.05, 3.63) is 24.3 Å². The predicted molar refractivity (Wildman–Crippen MR) is 205 cm³/mol. The van der Waals surface area contributed by atoms with Gasteiger partial charge in [0, 0.05) is 12.8 Å². The Bertz CT molecular complexity index is 731. The third kappa shape index (κ3) is 37.2. The molecule has 0 amide bonds. The number of aliphatic hydroxyl groups is 1. The Hall–Kier alpha value is -1.62. The summed E-state index contributed by atoms with van der Waals surface area (Å²) in [7, 11) is 0. The molecule has 0 saturated heterocycles. The minimum Gasteiger partial charge on any atom is -0.462 e. The van der Waals surface area contributed by atoms with Crippen molar-refractivity contribution < 1.29 is 24.2 Å². The van der Waals surface area contributed by atoms with E-state index in [1.54, 1.807) is 0 Å². The molecule has 0 aliphatic heterocycles. The molecule has 5 nitrogen and oxygen atoms in total. The quantitative estimate of drug-likeness (QED) is 0.0400. The number of carbonyl (C=O) groups is 2. The number of aliphatic hydroxyl groups excluding tert-OH is 1. The molecule has 0 bridgehead atoms. The molecule has 48 heavy (non-hydrogen) atoms. The first kappa shape index (κ1) is 46.4. The van der Waals surface area contributed by atoms with Crippen molar-refractivity contribution in [1.82, 2.24) is 0 Å². The van der Waals surface area contributed by atoms with Gasteiger partial charge in [-0.25, -0.2) is 0 Å². The van der Waals surface area contributed by atoms with E-state index < -0.39 is 6.10 Å². The van der Waals surface area contributed by atoms with Crippen LogP contribution in [-0.4, -0.2) is 36.4 Å². The molecule has 0 radical (unpaired) electrons. The van der Waals surface area contributed by atoms with Crippen LogP contribution in [0.3, 0.4) is 0 Å². The van der Waals surface area contributed by atoms with Crippen LogP contribution in [0.5, 0.6) is 0 Å². The zero-order chi connectivity index (χ0) is 35.0. The highest BCUT2D eigenvalue weighted by atomic mass is 16.6. The van der Waals surface area contributed by atoms with Gasteiger partial charge in [-0.15, -0.1) is 0 Å². The molecule has 0 aromatic rings. The van der Waals surface area contributed by atoms with Gasteiger partial charge in [0.15, 0.2) is 6.10 Å². The Balaban J connectivity index is 3.38. The highest BCUT2D eigenvalue weighted by Gasteiger charge is 2.16. The largest absolute Gasteiger partial charge is 0.462 e. The second-order valence-corrected chi connectivity index (χ2v) is 14.1. The summed E-state index contributed by atoms with van der Waals surface area (Å²) in [5, 5.41) is 9.47. The molecule has 0 aliphatic rings. The van der Waals surface area contributed by atoms with Crippen LogP contribution in [0, 0.1) is 0 Å². The van der Waals surface area contributed by atoms with Crippen LogP contribution in [0.1, 0.15) is 219 Å². The Kier molecular flexibility index (Phi) is 38.5. The lowest BCUT2D eigenvalue weighted by atomic mass is 10.0. The number of esters is 2. The second kappa shape index (κ2) is 39.8. The van der Waals surface area contributed by atoms with Gasteiger partial charge < -0.3 is 14.6 Å². The smallest absolute Gasteiger partial charge is 0.306 e. The van der Waals surface area contributed by atoms with E-state index in [9.17, 15) is 14.7 Å². The number of allylic oxidation sites excluding steroid dienone is 4. The van der Waals surface area contributed by atoms with Crippen molar-refractivity contribution in [3.8, 4) is 0 Å². The summed E-state index contributed by atoms with van der Waals surface area (Å²) in [5.74, 6) is -0.598. The summed E-state index contributed by atoms with van der Waals surface area (Å²) < 4.78 is 10.5. The van der Waals surface area contributed by atoms with E-state index in [0.29, 0.717) is 12.8 Å². The highest BCUT2D eigenvalue weighted by Crippen LogP contribution is 2.15. The van der Waals surface area contributed by atoms with Crippen LogP contribution >= 0.6 is 0 Å². The molecule has 0 heterocycles. The maximum atomic E-state index is 12.1. The first-order valence-electron chi connectivity index (χ1n) is 20.9. The van der Waals surface area contributed by atoms with Gasteiger partial charge in [-0.05, 0) is 44.9 Å². The minimum absolute atomic E-state index is 0.0629. The van der Waals surface area contributed by atoms with Crippen molar-refractivity contribution in [2.75, 3.05) is 13.2 Å². The molecule has 0 fully saturated rings. The zero-order valence-electron chi connectivity index (χ0n) is 32.0. The van der Waals surface area contributed by atoms with E-state index in [4.69, 9.17) is 9.47 Å². The number of hydrogen-bond donors (Lipinski definition) is 1. The van der Waals surface area contributed by atoms with Gasteiger partial charge in [0.25, 0.3) is 0 Å². The summed E-state index contributed by atoms with van der Waals surface area (Å²) in [6.07, 6.45) is 47.3. The lowest BCUT2D eigenvalue weighted by molar-refractivity contribution is -0.161. The van der Waals surface area contributed by atoms with E-state index in [1.807, 2.05) is 0 Å². The van der Waals surface area contributed by atoms with E-state index >= 15 is 0 Å². The van der Waals surface area contributed by atoms with Gasteiger partial charge in [-0.3, -0.25) is 9.59 Å². The predicted octanol–water partition coefficient (Wildman–Crippen LogP) is 13.1. The summed E-state index contributed by atoms with van der Waals surface area (Å²) in [6.45, 7) is 4.05. The fourth-order valence-electron chi connectivity index (χ4n) is 6.06.